The van der Waals surface area contributed by atoms with Gasteiger partial charge in [0.1, 0.15) is 5.69 Å². The number of carbonyl (C=O) groups excluding carboxylic acids is 1. The van der Waals surface area contributed by atoms with Crippen molar-refractivity contribution in [2.24, 2.45) is 0 Å². The number of Topliss-reactive ketones (excluding diaryl/α,β-unsaturated/α-hetero) is 1. The van der Waals surface area contributed by atoms with Gasteiger partial charge in [-0.2, -0.15) is 0 Å². The third kappa shape index (κ3) is 1.94. The van der Waals surface area contributed by atoms with Crippen molar-refractivity contribution in [3.05, 3.63) is 53.9 Å². The molecule has 2 nitrogen and oxygen atoms in total. The Morgan fingerprint density at radius 1 is 0.944 bits per heavy atom. The van der Waals surface area contributed by atoms with Crippen molar-refractivity contribution in [1.82, 2.24) is 4.98 Å². The minimum Gasteiger partial charge on any atom is -0.292 e. The molecule has 0 N–H and O–H groups in total. The van der Waals surface area contributed by atoms with Crippen LogP contribution in [0, 0.1) is 0 Å². The standard InChI is InChI=1S/C16H15NO/c18-15-9-5-4-8-14-13(10-11-17-16(14)15)12-6-2-1-3-7-12/h1-3,6-7,10-11H,4-5,8-9H2. The number of nitrogens with zero attached hydrogens (tertiary/aromatic N) is 1. The van der Waals surface area contributed by atoms with Gasteiger partial charge in [0.15, 0.2) is 5.78 Å². The molecule has 1 aliphatic rings. The summed E-state index contributed by atoms with van der Waals surface area (Å²) in [4.78, 5) is 16.3. The molecule has 0 unspecified atom stereocenters. The average molecular weight is 237 g/mol. The summed E-state index contributed by atoms with van der Waals surface area (Å²) in [6.07, 6.45) is 5.40. The largest absolute Gasteiger partial charge is 0.292 e. The molecule has 0 bridgehead atoms. The first-order valence-electron chi connectivity index (χ1n) is 6.43. The zero-order valence-corrected chi connectivity index (χ0v) is 10.2. The first-order valence-corrected chi connectivity index (χ1v) is 6.43. The number of rotatable bonds is 1. The number of hydrogen-bond acceptors (Lipinski definition) is 2. The zero-order valence-electron chi connectivity index (χ0n) is 10.2. The molecule has 0 spiro atoms. The normalized spacial score (nSPS) is 15.0. The number of carbonyl (C=O) groups is 1. The van der Waals surface area contributed by atoms with E-state index in [4.69, 9.17) is 0 Å². The summed E-state index contributed by atoms with van der Waals surface area (Å²) < 4.78 is 0. The number of pyridine rings is 1. The minimum atomic E-state index is 0.195. The lowest BCUT2D eigenvalue weighted by atomic mass is 9.96. The third-order valence-corrected chi connectivity index (χ3v) is 3.49. The Hall–Kier alpha value is -1.96. The lowest BCUT2D eigenvalue weighted by Crippen LogP contribution is -2.04. The monoisotopic (exact) mass is 237 g/mol. The molecule has 0 atom stereocenters. The van der Waals surface area contributed by atoms with Crippen molar-refractivity contribution in [2.45, 2.75) is 25.7 Å². The maximum Gasteiger partial charge on any atom is 0.181 e. The molecule has 1 aliphatic carbocycles. The molecule has 0 radical (unpaired) electrons. The molecule has 2 aromatic rings. The van der Waals surface area contributed by atoms with Gasteiger partial charge in [0.05, 0.1) is 0 Å². The van der Waals surface area contributed by atoms with Crippen molar-refractivity contribution in [3.8, 4) is 11.1 Å². The quantitative estimate of drug-likeness (QED) is 0.708. The van der Waals surface area contributed by atoms with Crippen molar-refractivity contribution >= 4 is 5.78 Å². The molecule has 1 aromatic heterocycles. The Morgan fingerprint density at radius 3 is 2.56 bits per heavy atom. The second kappa shape index (κ2) is 4.73. The Balaban J connectivity index is 2.17. The molecule has 0 fully saturated rings. The highest BCUT2D eigenvalue weighted by Gasteiger charge is 2.19. The fourth-order valence-electron chi connectivity index (χ4n) is 2.58. The molecule has 90 valence electrons. The molecule has 3 rings (SSSR count). The highest BCUT2D eigenvalue weighted by molar-refractivity contribution is 5.97. The lowest BCUT2D eigenvalue weighted by Gasteiger charge is -2.10. The van der Waals surface area contributed by atoms with Crippen LogP contribution in [0.25, 0.3) is 11.1 Å². The van der Waals surface area contributed by atoms with Gasteiger partial charge >= 0.3 is 0 Å². The fourth-order valence-corrected chi connectivity index (χ4v) is 2.58. The number of fused-ring (bicyclic) bond motifs is 1. The SMILES string of the molecule is O=C1CCCCc2c(-c3ccccc3)ccnc21. The van der Waals surface area contributed by atoms with Crippen LogP contribution in [0.15, 0.2) is 42.6 Å². The van der Waals surface area contributed by atoms with E-state index in [1.165, 1.54) is 5.56 Å². The smallest absolute Gasteiger partial charge is 0.181 e. The Kier molecular flexibility index (Phi) is 2.93. The summed E-state index contributed by atoms with van der Waals surface area (Å²) in [5.74, 6) is 0.195. The molecular weight excluding hydrogens is 222 g/mol. The van der Waals surface area contributed by atoms with Crippen LogP contribution >= 0.6 is 0 Å². The van der Waals surface area contributed by atoms with E-state index in [9.17, 15) is 4.79 Å². The number of aromatic nitrogens is 1. The van der Waals surface area contributed by atoms with Gasteiger partial charge < -0.3 is 0 Å². The Labute approximate surface area is 107 Å². The van der Waals surface area contributed by atoms with Gasteiger partial charge in [-0.3, -0.25) is 9.78 Å². The van der Waals surface area contributed by atoms with Gasteiger partial charge in [0.2, 0.25) is 0 Å². The van der Waals surface area contributed by atoms with Gasteiger partial charge in [-0.25, -0.2) is 0 Å². The van der Waals surface area contributed by atoms with Crippen molar-refractivity contribution in [2.75, 3.05) is 0 Å². The predicted octanol–water partition coefficient (Wildman–Crippen LogP) is 3.66. The molecule has 18 heavy (non-hydrogen) atoms. The van der Waals surface area contributed by atoms with Gasteiger partial charge in [-0.1, -0.05) is 30.3 Å². The van der Waals surface area contributed by atoms with E-state index in [0.29, 0.717) is 12.1 Å². The van der Waals surface area contributed by atoms with Crippen LogP contribution < -0.4 is 0 Å². The van der Waals surface area contributed by atoms with Crippen LogP contribution in [0.3, 0.4) is 0 Å². The van der Waals surface area contributed by atoms with Gasteiger partial charge in [-0.05, 0) is 42.0 Å². The first-order chi connectivity index (χ1) is 8.86. The number of benzene rings is 1. The molecule has 0 aliphatic heterocycles. The highest BCUT2D eigenvalue weighted by atomic mass is 16.1. The van der Waals surface area contributed by atoms with Gasteiger partial charge in [0.25, 0.3) is 0 Å². The summed E-state index contributed by atoms with van der Waals surface area (Å²) in [5, 5.41) is 0. The van der Waals surface area contributed by atoms with E-state index in [2.05, 4.69) is 17.1 Å². The van der Waals surface area contributed by atoms with Crippen LogP contribution in [0.5, 0.6) is 0 Å². The van der Waals surface area contributed by atoms with Crippen LogP contribution in [0.2, 0.25) is 0 Å². The second-order valence-corrected chi connectivity index (χ2v) is 4.68. The molecule has 2 heteroatoms. The molecule has 0 saturated carbocycles. The maximum atomic E-state index is 12.0. The first kappa shape index (κ1) is 11.1. The van der Waals surface area contributed by atoms with E-state index in [1.54, 1.807) is 6.20 Å². The van der Waals surface area contributed by atoms with E-state index >= 15 is 0 Å². The average Bonchev–Trinajstić information content (AvgIpc) is 2.62. The van der Waals surface area contributed by atoms with Gasteiger partial charge in [0, 0.05) is 12.6 Å². The van der Waals surface area contributed by atoms with Crippen molar-refractivity contribution in [1.29, 1.82) is 0 Å². The predicted molar refractivity (Wildman–Crippen MR) is 71.6 cm³/mol. The summed E-state index contributed by atoms with van der Waals surface area (Å²) in [6.45, 7) is 0. The van der Waals surface area contributed by atoms with Crippen molar-refractivity contribution in [3.63, 3.8) is 0 Å². The van der Waals surface area contributed by atoms with E-state index in [1.807, 2.05) is 24.3 Å². The van der Waals surface area contributed by atoms with E-state index in [-0.39, 0.29) is 5.78 Å². The summed E-state index contributed by atoms with van der Waals surface area (Å²) >= 11 is 0. The Morgan fingerprint density at radius 2 is 1.72 bits per heavy atom. The number of hydrogen-bond donors (Lipinski definition) is 0. The summed E-state index contributed by atoms with van der Waals surface area (Å²) in [7, 11) is 0. The topological polar surface area (TPSA) is 30.0 Å². The third-order valence-electron chi connectivity index (χ3n) is 3.49. The molecule has 1 heterocycles. The fraction of sp³-hybridized carbons (Fsp3) is 0.250. The molecule has 0 amide bonds. The minimum absolute atomic E-state index is 0.195. The van der Waals surface area contributed by atoms with Crippen LogP contribution in [-0.4, -0.2) is 10.8 Å². The van der Waals surface area contributed by atoms with Crippen LogP contribution in [0.1, 0.15) is 35.3 Å². The van der Waals surface area contributed by atoms with E-state index < -0.39 is 0 Å². The maximum absolute atomic E-state index is 12.0. The second-order valence-electron chi connectivity index (χ2n) is 4.68. The molecular formula is C16H15NO. The highest BCUT2D eigenvalue weighted by Crippen LogP contribution is 2.29. The Bertz CT molecular complexity index is 575. The zero-order chi connectivity index (χ0) is 12.4. The number of ketones is 1. The summed E-state index contributed by atoms with van der Waals surface area (Å²) in [6, 6.07) is 12.3. The van der Waals surface area contributed by atoms with Crippen LogP contribution in [0.4, 0.5) is 0 Å². The van der Waals surface area contributed by atoms with Crippen LogP contribution in [-0.2, 0) is 6.42 Å². The molecule has 1 aromatic carbocycles. The van der Waals surface area contributed by atoms with E-state index in [0.717, 1.165) is 30.4 Å². The van der Waals surface area contributed by atoms with Crippen molar-refractivity contribution < 1.29 is 4.79 Å². The summed E-state index contributed by atoms with van der Waals surface area (Å²) in [5.41, 5.74) is 4.15. The molecule has 0 saturated heterocycles. The van der Waals surface area contributed by atoms with Gasteiger partial charge in [-0.15, -0.1) is 0 Å². The lowest BCUT2D eigenvalue weighted by molar-refractivity contribution is 0.0977.